The van der Waals surface area contributed by atoms with Crippen LogP contribution in [0.1, 0.15) is 36.7 Å². The Balaban J connectivity index is 1.30. The number of hydrogen-bond acceptors (Lipinski definition) is 11. The van der Waals surface area contributed by atoms with Crippen LogP contribution in [-0.4, -0.2) is 71.6 Å². The molecule has 2 unspecified atom stereocenters. The van der Waals surface area contributed by atoms with Gasteiger partial charge in [0.15, 0.2) is 28.8 Å². The van der Waals surface area contributed by atoms with Gasteiger partial charge in [-0.15, -0.1) is 6.42 Å². The molecule has 2 heterocycles. The summed E-state index contributed by atoms with van der Waals surface area (Å²) in [6.45, 7) is 8.45. The molecule has 54 heavy (non-hydrogen) atoms. The zero-order chi connectivity index (χ0) is 39.0. The van der Waals surface area contributed by atoms with E-state index in [1.165, 1.54) is 0 Å². The number of methoxy groups -OCH3 is 5. The van der Waals surface area contributed by atoms with Crippen LogP contribution in [0.15, 0.2) is 82.6 Å². The third-order valence-corrected chi connectivity index (χ3v) is 9.21. The van der Waals surface area contributed by atoms with Crippen molar-refractivity contribution in [1.29, 1.82) is 0 Å². The molecule has 0 bridgehead atoms. The largest absolute Gasteiger partial charge is 0.495 e. The molecule has 284 valence electrons. The maximum atomic E-state index is 12.8. The second-order valence-electron chi connectivity index (χ2n) is 13.2. The number of rotatable bonds is 16. The number of aryl methyl sites for hydroxylation is 1. The van der Waals surface area contributed by atoms with Gasteiger partial charge in [0.25, 0.3) is 5.91 Å². The minimum atomic E-state index is -0.714. The molecule has 0 spiro atoms. The van der Waals surface area contributed by atoms with Crippen molar-refractivity contribution in [2.75, 3.05) is 54.1 Å². The molecule has 1 amide bonds. The molecule has 3 aromatic carbocycles. The van der Waals surface area contributed by atoms with Crippen LogP contribution in [0.25, 0.3) is 22.6 Å². The van der Waals surface area contributed by atoms with Gasteiger partial charge in [0.05, 0.1) is 40.6 Å². The van der Waals surface area contributed by atoms with Crippen LogP contribution in [0.2, 0.25) is 0 Å². The Labute approximate surface area is 316 Å². The van der Waals surface area contributed by atoms with Gasteiger partial charge in [-0.25, -0.2) is 0 Å². The van der Waals surface area contributed by atoms with E-state index in [1.54, 1.807) is 47.7 Å². The fraction of sp³-hybridized carbons (Fsp3) is 0.333. The zero-order valence-electron chi connectivity index (χ0n) is 32.1. The lowest BCUT2D eigenvalue weighted by Crippen LogP contribution is -2.46. The summed E-state index contributed by atoms with van der Waals surface area (Å²) in [5.41, 5.74) is 4.14. The number of aromatic nitrogens is 1. The minimum Gasteiger partial charge on any atom is -0.495 e. The van der Waals surface area contributed by atoms with Crippen molar-refractivity contribution in [2.24, 2.45) is 5.92 Å². The Hall–Kier alpha value is -6.06. The van der Waals surface area contributed by atoms with Crippen molar-refractivity contribution in [3.8, 4) is 63.7 Å². The van der Waals surface area contributed by atoms with Crippen LogP contribution in [0.5, 0.6) is 28.7 Å². The van der Waals surface area contributed by atoms with Gasteiger partial charge in [0.1, 0.15) is 29.8 Å². The monoisotopic (exact) mass is 737 g/mol. The summed E-state index contributed by atoms with van der Waals surface area (Å²) in [7, 11) is 7.85. The number of nitrogens with one attached hydrogen (secondary N) is 2. The van der Waals surface area contributed by atoms with E-state index in [0.717, 1.165) is 16.7 Å². The number of amides is 1. The van der Waals surface area contributed by atoms with E-state index in [1.807, 2.05) is 82.3 Å². The summed E-state index contributed by atoms with van der Waals surface area (Å²) in [4.78, 5) is 12.8. The zero-order valence-corrected chi connectivity index (χ0v) is 32.1. The van der Waals surface area contributed by atoms with Crippen molar-refractivity contribution in [1.82, 2.24) is 10.5 Å². The third kappa shape index (κ3) is 8.76. The van der Waals surface area contributed by atoms with Crippen LogP contribution in [-0.2, 0) is 9.47 Å². The molecule has 12 heteroatoms. The Kier molecular flexibility index (Phi) is 12.5. The van der Waals surface area contributed by atoms with E-state index in [9.17, 15) is 4.79 Å². The number of terminal acetylenes is 1. The number of hydrogen-bond donors (Lipinski definition) is 2. The van der Waals surface area contributed by atoms with Crippen molar-refractivity contribution in [2.45, 2.75) is 39.5 Å². The fourth-order valence-corrected chi connectivity index (χ4v) is 5.72. The van der Waals surface area contributed by atoms with Crippen LogP contribution < -0.4 is 34.3 Å². The van der Waals surface area contributed by atoms with Crippen LogP contribution >= 0.6 is 0 Å². The number of carbonyl (C=O) groups excluding carboxylic acids is 1. The van der Waals surface area contributed by atoms with Crippen LogP contribution in [0.4, 0.5) is 5.69 Å². The summed E-state index contributed by atoms with van der Waals surface area (Å²) in [5, 5.41) is 10.5. The van der Waals surface area contributed by atoms with Crippen molar-refractivity contribution < 1.29 is 42.5 Å². The van der Waals surface area contributed by atoms with Gasteiger partial charge in [0, 0.05) is 41.5 Å². The van der Waals surface area contributed by atoms with Gasteiger partial charge in [-0.05, 0) is 75.4 Å². The first-order chi connectivity index (χ1) is 25.9. The predicted molar refractivity (Wildman–Crippen MR) is 206 cm³/mol. The molecular formula is C42H47N3O9. The number of allylic oxidation sites excluding steroid dienone is 2. The molecule has 1 aliphatic rings. The smallest absolute Gasteiger partial charge is 0.255 e. The second kappa shape index (κ2) is 17.2. The number of carbonyl (C=O) groups is 1. The molecule has 1 aliphatic heterocycles. The highest BCUT2D eigenvalue weighted by Crippen LogP contribution is 2.42. The summed E-state index contributed by atoms with van der Waals surface area (Å²) >= 11 is 0. The molecule has 0 fully saturated rings. The Morgan fingerprint density at radius 1 is 0.907 bits per heavy atom. The molecule has 0 radical (unpaired) electrons. The lowest BCUT2D eigenvalue weighted by Gasteiger charge is -2.33. The number of anilines is 1. The maximum absolute atomic E-state index is 12.8. The summed E-state index contributed by atoms with van der Waals surface area (Å²) in [5.74, 6) is 6.02. The van der Waals surface area contributed by atoms with Gasteiger partial charge >= 0.3 is 0 Å². The van der Waals surface area contributed by atoms with E-state index >= 15 is 0 Å². The summed E-state index contributed by atoms with van der Waals surface area (Å²) in [6.07, 6.45) is 8.80. The SMILES string of the molecule is C#CC(=CC=C(COC)OCC(C)C(C)(C)Oc1cc(-c2cc(-c3cc(OC)c(OC)c(OC)c3)no2)ccc1OC)C1NC(=O)c2cc(C)ccc2N1. The van der Waals surface area contributed by atoms with Crippen molar-refractivity contribution in [3.05, 3.63) is 89.2 Å². The highest BCUT2D eigenvalue weighted by molar-refractivity contribution is 6.02. The molecule has 12 nitrogen and oxygen atoms in total. The van der Waals surface area contributed by atoms with E-state index in [-0.39, 0.29) is 18.4 Å². The lowest BCUT2D eigenvalue weighted by molar-refractivity contribution is 0.00593. The molecule has 0 saturated heterocycles. The highest BCUT2D eigenvalue weighted by Gasteiger charge is 2.31. The molecular weight excluding hydrogens is 690 g/mol. The average Bonchev–Trinajstić information content (AvgIpc) is 3.67. The topological polar surface area (TPSA) is 132 Å². The summed E-state index contributed by atoms with van der Waals surface area (Å²) in [6, 6.07) is 16.6. The van der Waals surface area contributed by atoms with Gasteiger partial charge in [-0.2, -0.15) is 0 Å². The van der Waals surface area contributed by atoms with E-state index < -0.39 is 11.8 Å². The minimum absolute atomic E-state index is 0.113. The molecule has 1 aromatic heterocycles. The van der Waals surface area contributed by atoms with Crippen LogP contribution in [0, 0.1) is 25.2 Å². The standard InChI is InChI=1S/C42H47N3O9/c1-11-27(40-43-32-16-12-25(2)18-31(32)41(46)44-40)13-15-30(24-47-6)52-23-26(3)42(4,5)53-36-19-28(14-17-34(36)48-7)35-22-33(45-54-35)29-20-37(49-8)39(51-10)38(21-29)50-9/h1,12-22,26,40,43H,23-24H2,2-10H3,(H,44,46). The van der Waals surface area contributed by atoms with E-state index in [0.29, 0.717) is 69.4 Å². The second-order valence-corrected chi connectivity index (χ2v) is 13.2. The number of ether oxygens (including phenoxy) is 7. The number of benzene rings is 3. The predicted octanol–water partition coefficient (Wildman–Crippen LogP) is 7.43. The van der Waals surface area contributed by atoms with Gasteiger partial charge in [0.2, 0.25) is 5.75 Å². The quantitative estimate of drug-likeness (QED) is 0.0676. The normalized spacial score (nSPS) is 14.9. The number of nitrogens with zero attached hydrogens (tertiary/aromatic N) is 1. The van der Waals surface area contributed by atoms with Gasteiger partial charge < -0.3 is 48.3 Å². The van der Waals surface area contributed by atoms with Crippen LogP contribution in [0.3, 0.4) is 0 Å². The fourth-order valence-electron chi connectivity index (χ4n) is 5.72. The lowest BCUT2D eigenvalue weighted by atomic mass is 9.93. The Morgan fingerprint density at radius 2 is 1.61 bits per heavy atom. The first-order valence-electron chi connectivity index (χ1n) is 17.3. The molecule has 0 aliphatic carbocycles. The van der Waals surface area contributed by atoms with Crippen molar-refractivity contribution in [3.63, 3.8) is 0 Å². The number of fused-ring (bicyclic) bond motifs is 1. The van der Waals surface area contributed by atoms with Gasteiger partial charge in [-0.1, -0.05) is 29.6 Å². The van der Waals surface area contributed by atoms with E-state index in [2.05, 4.69) is 21.7 Å². The Morgan fingerprint density at radius 3 is 2.26 bits per heavy atom. The first kappa shape index (κ1) is 39.2. The molecule has 4 aromatic rings. The Bertz CT molecular complexity index is 2050. The third-order valence-electron chi connectivity index (χ3n) is 9.21. The van der Waals surface area contributed by atoms with E-state index in [4.69, 9.17) is 44.1 Å². The first-order valence-corrected chi connectivity index (χ1v) is 17.3. The maximum Gasteiger partial charge on any atom is 0.255 e. The summed E-state index contributed by atoms with van der Waals surface area (Å²) < 4.78 is 46.2. The molecule has 0 saturated carbocycles. The molecule has 2 atom stereocenters. The van der Waals surface area contributed by atoms with Crippen molar-refractivity contribution >= 4 is 11.6 Å². The van der Waals surface area contributed by atoms with Gasteiger partial charge in [-0.3, -0.25) is 4.79 Å². The highest BCUT2D eigenvalue weighted by atomic mass is 16.5. The molecule has 5 rings (SSSR count). The molecule has 2 N–H and O–H groups in total. The average molecular weight is 738 g/mol.